The van der Waals surface area contributed by atoms with Crippen LogP contribution in [0.4, 0.5) is 0 Å². The lowest BCUT2D eigenvalue weighted by Crippen LogP contribution is -2.41. The van der Waals surface area contributed by atoms with E-state index in [0.717, 1.165) is 12.8 Å². The molecule has 3 radical (unpaired) electrons. The quantitative estimate of drug-likeness (QED) is 0.798. The third-order valence-corrected chi connectivity index (χ3v) is 4.44. The van der Waals surface area contributed by atoms with E-state index >= 15 is 0 Å². The standard InChI is InChI=1S/C21H30NSi/c1-20(2,3)14-15-10-9-12-16(15)19(22-21(4,5)6)17-11-7-8-13-18(17)23/h7-11,13,19,22H,12,14H2,1-6H3. The summed E-state index contributed by atoms with van der Waals surface area (Å²) in [6, 6.07) is 8.82. The lowest BCUT2D eigenvalue weighted by molar-refractivity contribution is 0.380. The van der Waals surface area contributed by atoms with Crippen LogP contribution in [-0.2, 0) is 0 Å². The molecule has 0 saturated carbocycles. The highest BCUT2D eigenvalue weighted by Crippen LogP contribution is 2.37. The van der Waals surface area contributed by atoms with Crippen LogP contribution in [0.5, 0.6) is 0 Å². The van der Waals surface area contributed by atoms with Crippen LogP contribution in [0.25, 0.3) is 0 Å². The first-order valence-electron chi connectivity index (χ1n) is 8.53. The molecule has 1 nitrogen and oxygen atoms in total. The smallest absolute Gasteiger partial charge is 0.0716 e. The fourth-order valence-electron chi connectivity index (χ4n) is 3.15. The Bertz CT molecular complexity index is 611. The van der Waals surface area contributed by atoms with Gasteiger partial charge >= 0.3 is 0 Å². The fraction of sp³-hybridized carbons (Fsp3) is 0.524. The summed E-state index contributed by atoms with van der Waals surface area (Å²) in [5, 5.41) is 5.01. The molecule has 1 aromatic carbocycles. The summed E-state index contributed by atoms with van der Waals surface area (Å²) in [5.41, 5.74) is 4.69. The Labute approximate surface area is 145 Å². The zero-order chi connectivity index (χ0) is 17.3. The minimum Gasteiger partial charge on any atom is -0.302 e. The summed E-state index contributed by atoms with van der Waals surface area (Å²) in [5.74, 6) is 0. The molecule has 123 valence electrons. The first-order chi connectivity index (χ1) is 10.6. The van der Waals surface area contributed by atoms with Gasteiger partial charge in [-0.05, 0) is 55.7 Å². The van der Waals surface area contributed by atoms with Gasteiger partial charge in [0.15, 0.2) is 0 Å². The molecule has 1 N–H and O–H groups in total. The van der Waals surface area contributed by atoms with E-state index in [-0.39, 0.29) is 11.6 Å². The van der Waals surface area contributed by atoms with Gasteiger partial charge in [-0.3, -0.25) is 0 Å². The van der Waals surface area contributed by atoms with Crippen molar-refractivity contribution < 1.29 is 0 Å². The second-order valence-electron chi connectivity index (χ2n) is 8.81. The van der Waals surface area contributed by atoms with Crippen LogP contribution in [0, 0.1) is 5.41 Å². The van der Waals surface area contributed by atoms with Crippen molar-refractivity contribution in [3.05, 3.63) is 53.1 Å². The van der Waals surface area contributed by atoms with Crippen LogP contribution in [0.3, 0.4) is 0 Å². The largest absolute Gasteiger partial charge is 0.302 e. The van der Waals surface area contributed by atoms with Crippen molar-refractivity contribution >= 4 is 15.4 Å². The summed E-state index contributed by atoms with van der Waals surface area (Å²) < 4.78 is 0. The number of benzene rings is 1. The van der Waals surface area contributed by atoms with E-state index in [2.05, 4.69) is 93.5 Å². The Morgan fingerprint density at radius 3 is 2.30 bits per heavy atom. The monoisotopic (exact) mass is 324 g/mol. The highest BCUT2D eigenvalue weighted by molar-refractivity contribution is 6.33. The minimum absolute atomic E-state index is 0.0571. The maximum atomic E-state index is 3.84. The molecule has 1 aliphatic carbocycles. The third kappa shape index (κ3) is 5.19. The van der Waals surface area contributed by atoms with Crippen molar-refractivity contribution in [3.63, 3.8) is 0 Å². The molecule has 2 heteroatoms. The molecule has 0 bridgehead atoms. The molecule has 0 heterocycles. The Balaban J connectivity index is 2.45. The van der Waals surface area contributed by atoms with Crippen LogP contribution in [0.2, 0.25) is 0 Å². The van der Waals surface area contributed by atoms with Crippen LogP contribution in [-0.4, -0.2) is 15.8 Å². The predicted molar refractivity (Wildman–Crippen MR) is 102 cm³/mol. The average Bonchev–Trinajstić information content (AvgIpc) is 2.81. The van der Waals surface area contributed by atoms with Gasteiger partial charge in [-0.25, -0.2) is 0 Å². The Hall–Kier alpha value is -1.12. The third-order valence-electron chi connectivity index (χ3n) is 3.99. The summed E-state index contributed by atoms with van der Waals surface area (Å²) in [6.45, 7) is 13.7. The Morgan fingerprint density at radius 1 is 1.09 bits per heavy atom. The van der Waals surface area contributed by atoms with Gasteiger partial charge in [0.2, 0.25) is 0 Å². The molecule has 1 aliphatic rings. The van der Waals surface area contributed by atoms with Gasteiger partial charge in [0, 0.05) is 5.54 Å². The molecule has 1 aromatic rings. The van der Waals surface area contributed by atoms with Crippen LogP contribution in [0.1, 0.15) is 66.0 Å². The molecular formula is C21H30NSi. The summed E-state index contributed by atoms with van der Waals surface area (Å²) in [7, 11) is 3.81. The van der Waals surface area contributed by atoms with E-state index in [9.17, 15) is 0 Å². The number of hydrogen-bond donors (Lipinski definition) is 1. The Kier molecular flexibility index (Phi) is 5.37. The number of rotatable bonds is 4. The van der Waals surface area contributed by atoms with Crippen molar-refractivity contribution in [3.8, 4) is 0 Å². The van der Waals surface area contributed by atoms with Gasteiger partial charge in [0.05, 0.1) is 16.3 Å². The summed E-state index contributed by atoms with van der Waals surface area (Å²) in [4.78, 5) is 0. The summed E-state index contributed by atoms with van der Waals surface area (Å²) in [6.07, 6.45) is 6.79. The van der Waals surface area contributed by atoms with E-state index in [1.807, 2.05) is 0 Å². The molecule has 0 fully saturated rings. The SMILES string of the molecule is CC(C)(C)CC1=C(C(NC(C)(C)C)c2ccccc2[Si])CC=C1. The van der Waals surface area contributed by atoms with Crippen molar-refractivity contribution in [2.75, 3.05) is 0 Å². The molecule has 1 atom stereocenters. The van der Waals surface area contributed by atoms with E-state index < -0.39 is 0 Å². The average molecular weight is 325 g/mol. The normalized spacial score (nSPS) is 17.0. The fourth-order valence-corrected chi connectivity index (χ4v) is 3.47. The van der Waals surface area contributed by atoms with Crippen molar-refractivity contribution in [1.82, 2.24) is 5.32 Å². The molecule has 0 saturated heterocycles. The highest BCUT2D eigenvalue weighted by atomic mass is 28.1. The van der Waals surface area contributed by atoms with Gasteiger partial charge < -0.3 is 5.32 Å². The minimum atomic E-state index is 0.0571. The predicted octanol–water partition coefficient (Wildman–Crippen LogP) is 4.60. The number of hydrogen-bond acceptors (Lipinski definition) is 1. The Morgan fingerprint density at radius 2 is 1.74 bits per heavy atom. The van der Waals surface area contributed by atoms with E-state index in [1.54, 1.807) is 0 Å². The van der Waals surface area contributed by atoms with Gasteiger partial charge in [-0.2, -0.15) is 0 Å². The lowest BCUT2D eigenvalue weighted by Gasteiger charge is -2.32. The first kappa shape index (κ1) is 18.2. The van der Waals surface area contributed by atoms with Crippen molar-refractivity contribution in [2.24, 2.45) is 5.41 Å². The molecule has 0 spiro atoms. The molecule has 2 rings (SSSR count). The first-order valence-corrected chi connectivity index (χ1v) is 9.03. The second kappa shape index (κ2) is 6.78. The maximum absolute atomic E-state index is 3.84. The molecule has 0 aliphatic heterocycles. The molecule has 0 amide bonds. The van der Waals surface area contributed by atoms with E-state index in [0.29, 0.717) is 5.41 Å². The van der Waals surface area contributed by atoms with Gasteiger partial charge in [-0.1, -0.05) is 62.4 Å². The number of allylic oxidation sites excluding steroid dienone is 3. The number of nitrogens with one attached hydrogen (secondary N) is 1. The second-order valence-corrected chi connectivity index (χ2v) is 9.35. The van der Waals surface area contributed by atoms with E-state index in [4.69, 9.17) is 0 Å². The van der Waals surface area contributed by atoms with Crippen LogP contribution < -0.4 is 10.5 Å². The van der Waals surface area contributed by atoms with E-state index in [1.165, 1.54) is 21.9 Å². The molecule has 1 unspecified atom stereocenters. The van der Waals surface area contributed by atoms with Crippen molar-refractivity contribution in [2.45, 2.75) is 66.0 Å². The zero-order valence-corrected chi connectivity index (χ0v) is 16.5. The molecule has 23 heavy (non-hydrogen) atoms. The van der Waals surface area contributed by atoms with Crippen LogP contribution >= 0.6 is 0 Å². The van der Waals surface area contributed by atoms with Gasteiger partial charge in [-0.15, -0.1) is 0 Å². The van der Waals surface area contributed by atoms with Crippen molar-refractivity contribution in [1.29, 1.82) is 0 Å². The topological polar surface area (TPSA) is 12.0 Å². The lowest BCUT2D eigenvalue weighted by atomic mass is 9.84. The summed E-state index contributed by atoms with van der Waals surface area (Å²) >= 11 is 0. The van der Waals surface area contributed by atoms with Gasteiger partial charge in [0.1, 0.15) is 0 Å². The zero-order valence-electron chi connectivity index (χ0n) is 15.5. The van der Waals surface area contributed by atoms with Crippen LogP contribution in [0.15, 0.2) is 47.6 Å². The molecular weight excluding hydrogens is 294 g/mol. The maximum Gasteiger partial charge on any atom is 0.0716 e. The van der Waals surface area contributed by atoms with Gasteiger partial charge in [0.25, 0.3) is 0 Å². The molecule has 0 aromatic heterocycles. The highest BCUT2D eigenvalue weighted by Gasteiger charge is 2.27.